The molecule has 0 unspecified atom stereocenters. The van der Waals surface area contributed by atoms with Crippen LogP contribution in [0.1, 0.15) is 15.9 Å². The van der Waals surface area contributed by atoms with Gasteiger partial charge in [-0.2, -0.15) is 0 Å². The Morgan fingerprint density at radius 2 is 2.04 bits per heavy atom. The van der Waals surface area contributed by atoms with E-state index in [0.29, 0.717) is 16.5 Å². The van der Waals surface area contributed by atoms with Crippen LogP contribution in [0.25, 0.3) is 10.9 Å². The highest BCUT2D eigenvalue weighted by Gasteiger charge is 2.16. The van der Waals surface area contributed by atoms with Gasteiger partial charge in [-0.15, -0.1) is 10.2 Å². The monoisotopic (exact) mass is 402 g/mol. The summed E-state index contributed by atoms with van der Waals surface area (Å²) >= 11 is 3.32. The minimum Gasteiger partial charge on any atom is -0.493 e. The molecule has 1 amide bonds. The first kappa shape index (κ1) is 16.8. The normalized spacial score (nSPS) is 11.3. The zero-order chi connectivity index (χ0) is 18.1. The molecular formula is C16H11BrN4O4. The van der Waals surface area contributed by atoms with Gasteiger partial charge < -0.3 is 10.1 Å². The maximum absolute atomic E-state index is 12.2. The second-order valence-corrected chi connectivity index (χ2v) is 6.19. The van der Waals surface area contributed by atoms with Crippen molar-refractivity contribution in [2.45, 2.75) is 6.92 Å². The van der Waals surface area contributed by atoms with Gasteiger partial charge in [0.1, 0.15) is 0 Å². The first-order valence-corrected chi connectivity index (χ1v) is 7.87. The summed E-state index contributed by atoms with van der Waals surface area (Å²) in [7, 11) is 0. The summed E-state index contributed by atoms with van der Waals surface area (Å²) in [4.78, 5) is 25.3. The van der Waals surface area contributed by atoms with Gasteiger partial charge in [0.25, 0.3) is 11.6 Å². The third-order valence-corrected chi connectivity index (χ3v) is 4.10. The van der Waals surface area contributed by atoms with Gasteiger partial charge in [0.15, 0.2) is 5.69 Å². The number of amides is 1. The van der Waals surface area contributed by atoms with Crippen LogP contribution < -0.4 is 0 Å². The SMILES string of the molecule is Cc1ccc(C(=O)N=Nc2c(O)[nH]c3ccc(Br)cc23)cc1[N+](=O)[O-]. The van der Waals surface area contributed by atoms with Crippen molar-refractivity contribution in [3.8, 4) is 5.88 Å². The third-order valence-electron chi connectivity index (χ3n) is 3.61. The number of aryl methyl sites for hydroxylation is 1. The number of nitro groups is 1. The fraction of sp³-hybridized carbons (Fsp3) is 0.0625. The third kappa shape index (κ3) is 3.26. The van der Waals surface area contributed by atoms with Crippen LogP contribution in [0, 0.1) is 17.0 Å². The topological polar surface area (TPSA) is 121 Å². The molecular weight excluding hydrogens is 392 g/mol. The Hall–Kier alpha value is -3.07. The van der Waals surface area contributed by atoms with Crippen LogP contribution in [0.4, 0.5) is 11.4 Å². The van der Waals surface area contributed by atoms with E-state index in [0.717, 1.165) is 10.5 Å². The van der Waals surface area contributed by atoms with E-state index in [1.54, 1.807) is 25.1 Å². The summed E-state index contributed by atoms with van der Waals surface area (Å²) in [5.41, 5.74) is 1.07. The number of azo groups is 1. The summed E-state index contributed by atoms with van der Waals surface area (Å²) in [5.74, 6) is -0.966. The van der Waals surface area contributed by atoms with Crippen LogP contribution in [0.2, 0.25) is 0 Å². The molecule has 0 bridgehead atoms. The second kappa shape index (κ2) is 6.44. The zero-order valence-electron chi connectivity index (χ0n) is 12.9. The number of nitrogens with one attached hydrogen (secondary N) is 1. The Kier molecular flexibility index (Phi) is 4.32. The minimum atomic E-state index is -0.744. The summed E-state index contributed by atoms with van der Waals surface area (Å²) in [6.45, 7) is 1.58. The molecule has 2 N–H and O–H groups in total. The number of halogens is 1. The number of aromatic amines is 1. The molecule has 2 aromatic carbocycles. The van der Waals surface area contributed by atoms with Gasteiger partial charge in [0.2, 0.25) is 5.88 Å². The van der Waals surface area contributed by atoms with Crippen LogP contribution in [0.3, 0.4) is 0 Å². The van der Waals surface area contributed by atoms with Crippen molar-refractivity contribution in [1.29, 1.82) is 0 Å². The average Bonchev–Trinajstić information content (AvgIpc) is 2.87. The smallest absolute Gasteiger partial charge is 0.295 e. The van der Waals surface area contributed by atoms with Gasteiger partial charge >= 0.3 is 0 Å². The molecule has 3 rings (SSSR count). The predicted molar refractivity (Wildman–Crippen MR) is 94.3 cm³/mol. The van der Waals surface area contributed by atoms with Crippen molar-refractivity contribution in [1.82, 2.24) is 4.98 Å². The number of aromatic hydroxyl groups is 1. The van der Waals surface area contributed by atoms with E-state index in [-0.39, 0.29) is 22.8 Å². The molecule has 0 saturated heterocycles. The maximum Gasteiger partial charge on any atom is 0.295 e. The van der Waals surface area contributed by atoms with E-state index in [2.05, 4.69) is 31.1 Å². The molecule has 0 atom stereocenters. The van der Waals surface area contributed by atoms with Gasteiger partial charge in [-0.05, 0) is 31.2 Å². The molecule has 0 aliphatic heterocycles. The molecule has 9 heteroatoms. The minimum absolute atomic E-state index is 0.0431. The van der Waals surface area contributed by atoms with Crippen LogP contribution in [-0.4, -0.2) is 20.9 Å². The van der Waals surface area contributed by atoms with Crippen molar-refractivity contribution in [3.05, 3.63) is 62.1 Å². The lowest BCUT2D eigenvalue weighted by Gasteiger charge is -1.99. The highest BCUT2D eigenvalue weighted by molar-refractivity contribution is 9.10. The van der Waals surface area contributed by atoms with Gasteiger partial charge in [-0.3, -0.25) is 14.9 Å². The molecule has 0 radical (unpaired) electrons. The lowest BCUT2D eigenvalue weighted by atomic mass is 10.1. The summed E-state index contributed by atoms with van der Waals surface area (Å²) in [6.07, 6.45) is 0. The number of fused-ring (bicyclic) bond motifs is 1. The number of hydrogen-bond acceptors (Lipinski definition) is 5. The van der Waals surface area contributed by atoms with Gasteiger partial charge in [0.05, 0.1) is 16.0 Å². The van der Waals surface area contributed by atoms with Gasteiger partial charge in [-0.25, -0.2) is 0 Å². The molecule has 0 aliphatic rings. The standard InChI is InChI=1S/C16H11BrN4O4/c1-8-2-3-9(6-13(8)21(24)25)15(22)20-19-14-11-7-10(17)4-5-12(11)18-16(14)23/h2-7,18,23H,1H3. The van der Waals surface area contributed by atoms with Crippen molar-refractivity contribution in [2.75, 3.05) is 0 Å². The van der Waals surface area contributed by atoms with E-state index in [1.807, 2.05) is 0 Å². The molecule has 0 spiro atoms. The van der Waals surface area contributed by atoms with E-state index >= 15 is 0 Å². The average molecular weight is 403 g/mol. The molecule has 8 nitrogen and oxygen atoms in total. The Labute approximate surface area is 149 Å². The fourth-order valence-corrected chi connectivity index (χ4v) is 2.69. The molecule has 1 aromatic heterocycles. The molecule has 25 heavy (non-hydrogen) atoms. The molecule has 0 fully saturated rings. The first-order chi connectivity index (χ1) is 11.9. The Bertz CT molecular complexity index is 1040. The molecule has 0 saturated carbocycles. The molecule has 126 valence electrons. The predicted octanol–water partition coefficient (Wildman–Crippen LogP) is 4.78. The highest BCUT2D eigenvalue weighted by Crippen LogP contribution is 2.37. The number of carbonyl (C=O) groups excluding carboxylic acids is 1. The summed E-state index contributed by atoms with van der Waals surface area (Å²) in [6, 6.07) is 9.32. The number of hydrogen-bond donors (Lipinski definition) is 2. The van der Waals surface area contributed by atoms with Crippen molar-refractivity contribution < 1.29 is 14.8 Å². The zero-order valence-corrected chi connectivity index (χ0v) is 14.4. The van der Waals surface area contributed by atoms with E-state index in [9.17, 15) is 20.0 Å². The Balaban J connectivity index is 1.96. The first-order valence-electron chi connectivity index (χ1n) is 7.08. The molecule has 0 aliphatic carbocycles. The van der Waals surface area contributed by atoms with Crippen LogP contribution in [-0.2, 0) is 0 Å². The summed E-state index contributed by atoms with van der Waals surface area (Å²) in [5, 5.41) is 28.9. The van der Waals surface area contributed by atoms with Crippen LogP contribution in [0.15, 0.2) is 51.1 Å². The molecule has 1 heterocycles. The van der Waals surface area contributed by atoms with E-state index < -0.39 is 10.8 Å². The maximum atomic E-state index is 12.2. The quantitative estimate of drug-likeness (QED) is 0.371. The van der Waals surface area contributed by atoms with E-state index in [1.165, 1.54) is 12.1 Å². The van der Waals surface area contributed by atoms with Crippen molar-refractivity contribution in [2.24, 2.45) is 10.2 Å². The van der Waals surface area contributed by atoms with Gasteiger partial charge in [-0.1, -0.05) is 22.0 Å². The lowest BCUT2D eigenvalue weighted by molar-refractivity contribution is -0.385. The van der Waals surface area contributed by atoms with Crippen molar-refractivity contribution >= 4 is 44.1 Å². The van der Waals surface area contributed by atoms with Gasteiger partial charge in [0, 0.05) is 21.5 Å². The van der Waals surface area contributed by atoms with Crippen LogP contribution in [0.5, 0.6) is 5.88 Å². The number of aromatic nitrogens is 1. The number of carbonyl (C=O) groups is 1. The highest BCUT2D eigenvalue weighted by atomic mass is 79.9. The summed E-state index contributed by atoms with van der Waals surface area (Å²) < 4.78 is 0.774. The number of H-pyrrole nitrogens is 1. The number of nitrogens with zero attached hydrogens (tertiary/aromatic N) is 3. The number of benzene rings is 2. The lowest BCUT2D eigenvalue weighted by Crippen LogP contribution is -1.98. The Morgan fingerprint density at radius 1 is 1.28 bits per heavy atom. The Morgan fingerprint density at radius 3 is 2.76 bits per heavy atom. The second-order valence-electron chi connectivity index (χ2n) is 5.28. The number of rotatable bonds is 3. The number of nitro benzene ring substituents is 1. The van der Waals surface area contributed by atoms with Crippen molar-refractivity contribution in [3.63, 3.8) is 0 Å². The van der Waals surface area contributed by atoms with E-state index in [4.69, 9.17) is 0 Å². The van der Waals surface area contributed by atoms with Crippen LogP contribution >= 0.6 is 15.9 Å². The molecule has 3 aromatic rings. The largest absolute Gasteiger partial charge is 0.493 e. The fourth-order valence-electron chi connectivity index (χ4n) is 2.33.